The fourth-order valence-corrected chi connectivity index (χ4v) is 3.99. The van der Waals surface area contributed by atoms with Crippen LogP contribution in [0.15, 0.2) is 67.4 Å². The van der Waals surface area contributed by atoms with E-state index in [1.54, 1.807) is 12.4 Å². The van der Waals surface area contributed by atoms with Crippen molar-refractivity contribution in [2.45, 2.75) is 31.7 Å². The molecular weight excluding hydrogens is 374 g/mol. The van der Waals surface area contributed by atoms with E-state index in [4.69, 9.17) is 4.74 Å². The van der Waals surface area contributed by atoms with Gasteiger partial charge in [0.15, 0.2) is 5.65 Å². The Morgan fingerprint density at radius 1 is 0.967 bits per heavy atom. The number of hydrogen-bond acceptors (Lipinski definition) is 5. The smallest absolute Gasteiger partial charge is 0.162 e. The van der Waals surface area contributed by atoms with Crippen molar-refractivity contribution in [2.75, 3.05) is 13.2 Å². The van der Waals surface area contributed by atoms with Gasteiger partial charge in [0, 0.05) is 42.0 Å². The third-order valence-electron chi connectivity index (χ3n) is 5.68. The molecule has 152 valence electrons. The zero-order valence-electron chi connectivity index (χ0n) is 16.9. The normalized spacial score (nSPS) is 16.6. The van der Waals surface area contributed by atoms with Gasteiger partial charge >= 0.3 is 0 Å². The van der Waals surface area contributed by atoms with Gasteiger partial charge in [-0.05, 0) is 61.2 Å². The number of benzene rings is 1. The Kier molecular flexibility index (Phi) is 5.40. The van der Waals surface area contributed by atoms with Crippen LogP contribution < -0.4 is 10.1 Å². The maximum Gasteiger partial charge on any atom is 0.162 e. The quantitative estimate of drug-likeness (QED) is 0.522. The predicted molar refractivity (Wildman–Crippen MR) is 117 cm³/mol. The van der Waals surface area contributed by atoms with Gasteiger partial charge < -0.3 is 10.1 Å². The van der Waals surface area contributed by atoms with Gasteiger partial charge in [-0.2, -0.15) is 5.10 Å². The summed E-state index contributed by atoms with van der Waals surface area (Å²) in [5.74, 6) is 0.905. The summed E-state index contributed by atoms with van der Waals surface area (Å²) in [4.78, 5) is 8.74. The molecule has 6 nitrogen and oxygen atoms in total. The third-order valence-corrected chi connectivity index (χ3v) is 5.68. The first-order valence-corrected chi connectivity index (χ1v) is 10.6. The first-order chi connectivity index (χ1) is 14.9. The highest BCUT2D eigenvalue weighted by Crippen LogP contribution is 2.26. The van der Waals surface area contributed by atoms with E-state index >= 15 is 0 Å². The molecule has 30 heavy (non-hydrogen) atoms. The fourth-order valence-electron chi connectivity index (χ4n) is 3.99. The lowest BCUT2D eigenvalue weighted by Crippen LogP contribution is -2.35. The molecule has 0 bridgehead atoms. The van der Waals surface area contributed by atoms with E-state index in [1.807, 2.05) is 47.4 Å². The fraction of sp³-hybridized carbons (Fsp3) is 0.292. The van der Waals surface area contributed by atoms with Crippen molar-refractivity contribution in [1.29, 1.82) is 0 Å². The van der Waals surface area contributed by atoms with E-state index in [0.717, 1.165) is 53.2 Å². The van der Waals surface area contributed by atoms with Gasteiger partial charge in [0.1, 0.15) is 5.75 Å². The van der Waals surface area contributed by atoms with E-state index in [2.05, 4.69) is 32.5 Å². The molecule has 1 aromatic carbocycles. The number of aromatic nitrogens is 4. The molecule has 0 amide bonds. The van der Waals surface area contributed by atoms with Crippen LogP contribution in [0.3, 0.4) is 0 Å². The van der Waals surface area contributed by atoms with Crippen molar-refractivity contribution in [3.05, 3.63) is 67.4 Å². The number of hydrogen-bond donors (Lipinski definition) is 1. The summed E-state index contributed by atoms with van der Waals surface area (Å²) in [5, 5.41) is 8.05. The van der Waals surface area contributed by atoms with Crippen LogP contribution in [0.5, 0.6) is 5.75 Å². The molecule has 5 rings (SSSR count). The molecular formula is C24H25N5O. The molecule has 0 aliphatic carbocycles. The molecule has 1 fully saturated rings. The number of rotatable bonds is 6. The highest BCUT2D eigenvalue weighted by Gasteiger charge is 2.12. The molecule has 0 spiro atoms. The van der Waals surface area contributed by atoms with Crippen molar-refractivity contribution in [3.63, 3.8) is 0 Å². The minimum absolute atomic E-state index is 0.599. The molecule has 0 radical (unpaired) electrons. The van der Waals surface area contributed by atoms with Crippen molar-refractivity contribution in [1.82, 2.24) is 24.9 Å². The van der Waals surface area contributed by atoms with Gasteiger partial charge in [-0.25, -0.2) is 9.50 Å². The first kappa shape index (κ1) is 18.8. The Morgan fingerprint density at radius 2 is 1.83 bits per heavy atom. The number of pyridine rings is 1. The van der Waals surface area contributed by atoms with Crippen LogP contribution >= 0.6 is 0 Å². The molecule has 1 aliphatic rings. The van der Waals surface area contributed by atoms with Crippen molar-refractivity contribution in [2.24, 2.45) is 0 Å². The Balaban J connectivity index is 1.27. The van der Waals surface area contributed by atoms with Crippen LogP contribution in [-0.4, -0.2) is 38.8 Å². The maximum atomic E-state index is 5.94. The number of nitrogens with one attached hydrogen (secondary N) is 1. The maximum absolute atomic E-state index is 5.94. The topological polar surface area (TPSA) is 64.3 Å². The third kappa shape index (κ3) is 4.04. The second-order valence-corrected chi connectivity index (χ2v) is 7.71. The molecule has 1 atom stereocenters. The summed E-state index contributed by atoms with van der Waals surface area (Å²) in [6.45, 7) is 1.88. The van der Waals surface area contributed by atoms with Crippen LogP contribution in [0.1, 0.15) is 25.7 Å². The number of ether oxygens (including phenoxy) is 1. The minimum Gasteiger partial charge on any atom is -0.494 e. The van der Waals surface area contributed by atoms with Crippen molar-refractivity contribution < 1.29 is 4.74 Å². The van der Waals surface area contributed by atoms with Crippen LogP contribution in [0.2, 0.25) is 0 Å². The van der Waals surface area contributed by atoms with Crippen LogP contribution in [0.25, 0.3) is 27.9 Å². The summed E-state index contributed by atoms with van der Waals surface area (Å²) >= 11 is 0. The first-order valence-electron chi connectivity index (χ1n) is 10.6. The summed E-state index contributed by atoms with van der Waals surface area (Å²) in [6.07, 6.45) is 14.2. The highest BCUT2D eigenvalue weighted by molar-refractivity contribution is 5.77. The van der Waals surface area contributed by atoms with Gasteiger partial charge in [0.05, 0.1) is 12.8 Å². The van der Waals surface area contributed by atoms with Crippen LogP contribution in [0, 0.1) is 0 Å². The number of piperidine rings is 1. The Bertz CT molecular complexity index is 1100. The van der Waals surface area contributed by atoms with Gasteiger partial charge in [0.25, 0.3) is 0 Å². The monoisotopic (exact) mass is 399 g/mol. The van der Waals surface area contributed by atoms with Crippen molar-refractivity contribution in [3.8, 4) is 28.0 Å². The lowest BCUT2D eigenvalue weighted by Gasteiger charge is -2.23. The molecule has 1 aliphatic heterocycles. The average molecular weight is 399 g/mol. The number of fused-ring (bicyclic) bond motifs is 1. The van der Waals surface area contributed by atoms with E-state index in [9.17, 15) is 0 Å². The Labute approximate surface area is 176 Å². The largest absolute Gasteiger partial charge is 0.494 e. The number of nitrogens with zero attached hydrogens (tertiary/aromatic N) is 4. The second kappa shape index (κ2) is 8.63. The molecule has 0 saturated carbocycles. The van der Waals surface area contributed by atoms with Crippen molar-refractivity contribution >= 4 is 5.65 Å². The summed E-state index contributed by atoms with van der Waals surface area (Å²) < 4.78 is 7.77. The van der Waals surface area contributed by atoms with Crippen LogP contribution in [-0.2, 0) is 0 Å². The standard InChI is InChI=1S/C24H25N5O/c1-2-11-26-21(3-1)10-14-30-22-6-4-18(5-7-22)20-15-27-24-23(16-28-29(24)17-20)19-8-12-25-13-9-19/h4-9,12-13,15-17,21,26H,1-3,10-11,14H2. The summed E-state index contributed by atoms with van der Waals surface area (Å²) in [5.41, 5.74) is 5.00. The molecule has 3 aromatic heterocycles. The van der Waals surface area contributed by atoms with E-state index in [0.29, 0.717) is 6.04 Å². The van der Waals surface area contributed by atoms with Gasteiger partial charge in [-0.1, -0.05) is 18.6 Å². The molecule has 1 saturated heterocycles. The van der Waals surface area contributed by atoms with E-state index < -0.39 is 0 Å². The van der Waals surface area contributed by atoms with Crippen LogP contribution in [0.4, 0.5) is 0 Å². The Hall–Kier alpha value is -3.25. The molecule has 1 unspecified atom stereocenters. The predicted octanol–water partition coefficient (Wildman–Crippen LogP) is 4.37. The zero-order valence-corrected chi connectivity index (χ0v) is 16.9. The SMILES string of the molecule is c1cc(-c2cnn3cc(-c4ccc(OCCC5CCCCN5)cc4)cnc23)ccn1. The summed E-state index contributed by atoms with van der Waals surface area (Å²) in [6, 6.07) is 12.7. The van der Waals surface area contributed by atoms with E-state index in [-0.39, 0.29) is 0 Å². The second-order valence-electron chi connectivity index (χ2n) is 7.71. The summed E-state index contributed by atoms with van der Waals surface area (Å²) in [7, 11) is 0. The minimum atomic E-state index is 0.599. The van der Waals surface area contributed by atoms with Gasteiger partial charge in [0.2, 0.25) is 0 Å². The molecule has 4 heterocycles. The molecule has 6 heteroatoms. The van der Waals surface area contributed by atoms with Gasteiger partial charge in [-0.3, -0.25) is 4.98 Å². The average Bonchev–Trinajstić information content (AvgIpc) is 3.24. The van der Waals surface area contributed by atoms with E-state index in [1.165, 1.54) is 19.3 Å². The molecule has 4 aromatic rings. The highest BCUT2D eigenvalue weighted by atomic mass is 16.5. The molecule has 1 N–H and O–H groups in total. The lowest BCUT2D eigenvalue weighted by atomic mass is 10.0. The lowest BCUT2D eigenvalue weighted by molar-refractivity contribution is 0.268. The zero-order chi connectivity index (χ0) is 20.2. The van der Waals surface area contributed by atoms with Gasteiger partial charge in [-0.15, -0.1) is 0 Å². The Morgan fingerprint density at radius 3 is 2.63 bits per heavy atom.